The number of carbonyl (C=O) groups excluding carboxylic acids is 3. The number of rotatable bonds is 45. The summed E-state index contributed by atoms with van der Waals surface area (Å²) in [5.74, 6) is -0.916. The van der Waals surface area contributed by atoms with Crippen LogP contribution in [0.1, 0.15) is 258 Å². The SMILES string of the molecule is CC/C=C\C/C=C\C/C=C\CCCCC(=O)OC(COC(=O)CCCCCCCCCCCC)COC(=O)CCCCCCCCCCCCCCCCCCCC. The predicted molar refractivity (Wildman–Crippen MR) is 247 cm³/mol. The van der Waals surface area contributed by atoms with E-state index in [0.29, 0.717) is 19.3 Å². The molecule has 0 aliphatic carbocycles. The highest BCUT2D eigenvalue weighted by molar-refractivity contribution is 5.71. The predicted octanol–water partition coefficient (Wildman–Crippen LogP) is 16.1. The Hall–Kier alpha value is -2.37. The first-order valence-corrected chi connectivity index (χ1v) is 25.0. The van der Waals surface area contributed by atoms with Gasteiger partial charge in [-0.1, -0.05) is 224 Å². The highest BCUT2D eigenvalue weighted by Gasteiger charge is 2.19. The smallest absolute Gasteiger partial charge is 0.306 e. The third-order valence-electron chi connectivity index (χ3n) is 10.9. The molecule has 0 saturated carbocycles. The minimum Gasteiger partial charge on any atom is -0.462 e. The number of ether oxygens (including phenoxy) is 3. The van der Waals surface area contributed by atoms with Gasteiger partial charge in [-0.15, -0.1) is 0 Å². The van der Waals surface area contributed by atoms with Crippen molar-refractivity contribution in [3.05, 3.63) is 36.5 Å². The zero-order chi connectivity index (χ0) is 42.3. The third-order valence-corrected chi connectivity index (χ3v) is 10.9. The van der Waals surface area contributed by atoms with Crippen molar-refractivity contribution in [2.45, 2.75) is 264 Å². The van der Waals surface area contributed by atoms with Crippen molar-refractivity contribution in [1.82, 2.24) is 0 Å². The van der Waals surface area contributed by atoms with Gasteiger partial charge in [-0.05, 0) is 51.4 Å². The maximum atomic E-state index is 12.7. The molecule has 0 aromatic rings. The van der Waals surface area contributed by atoms with E-state index in [-0.39, 0.29) is 37.5 Å². The second kappa shape index (κ2) is 47.3. The van der Waals surface area contributed by atoms with E-state index < -0.39 is 6.10 Å². The molecule has 6 heteroatoms. The van der Waals surface area contributed by atoms with Crippen LogP contribution in [0.4, 0.5) is 0 Å². The van der Waals surface area contributed by atoms with E-state index in [0.717, 1.165) is 70.6 Å². The van der Waals surface area contributed by atoms with Crippen molar-refractivity contribution in [3.8, 4) is 0 Å². The highest BCUT2D eigenvalue weighted by atomic mass is 16.6. The van der Waals surface area contributed by atoms with Crippen LogP contribution in [0.25, 0.3) is 0 Å². The molecule has 1 atom stereocenters. The molecule has 0 fully saturated rings. The summed E-state index contributed by atoms with van der Waals surface area (Å²) in [6.45, 7) is 6.49. The van der Waals surface area contributed by atoms with Gasteiger partial charge in [0.15, 0.2) is 6.10 Å². The lowest BCUT2D eigenvalue weighted by molar-refractivity contribution is -0.167. The summed E-state index contributed by atoms with van der Waals surface area (Å²) in [7, 11) is 0. The van der Waals surface area contributed by atoms with Crippen LogP contribution in [-0.4, -0.2) is 37.2 Å². The van der Waals surface area contributed by atoms with Crippen molar-refractivity contribution in [3.63, 3.8) is 0 Å². The molecule has 0 radical (unpaired) electrons. The van der Waals surface area contributed by atoms with Gasteiger partial charge in [-0.25, -0.2) is 0 Å². The van der Waals surface area contributed by atoms with Crippen LogP contribution in [0.3, 0.4) is 0 Å². The van der Waals surface area contributed by atoms with Gasteiger partial charge < -0.3 is 14.2 Å². The molecule has 0 aliphatic rings. The molecule has 0 heterocycles. The molecule has 6 nitrogen and oxygen atoms in total. The second-order valence-corrected chi connectivity index (χ2v) is 16.7. The fourth-order valence-electron chi connectivity index (χ4n) is 7.16. The van der Waals surface area contributed by atoms with Crippen LogP contribution in [0, 0.1) is 0 Å². The van der Waals surface area contributed by atoms with E-state index in [2.05, 4.69) is 57.2 Å². The van der Waals surface area contributed by atoms with Crippen molar-refractivity contribution in [2.24, 2.45) is 0 Å². The quantitative estimate of drug-likeness (QED) is 0.0264. The fourth-order valence-corrected chi connectivity index (χ4v) is 7.16. The Kier molecular flexibility index (Phi) is 45.4. The molecular weight excluding hydrogens is 721 g/mol. The minimum absolute atomic E-state index is 0.0837. The van der Waals surface area contributed by atoms with Crippen LogP contribution < -0.4 is 0 Å². The normalized spacial score (nSPS) is 12.3. The second-order valence-electron chi connectivity index (χ2n) is 16.7. The van der Waals surface area contributed by atoms with Crippen molar-refractivity contribution in [1.29, 1.82) is 0 Å². The molecule has 0 aromatic heterocycles. The zero-order valence-corrected chi connectivity index (χ0v) is 38.6. The number of esters is 3. The van der Waals surface area contributed by atoms with Crippen LogP contribution in [0.15, 0.2) is 36.5 Å². The molecule has 1 unspecified atom stereocenters. The van der Waals surface area contributed by atoms with E-state index in [1.54, 1.807) is 0 Å². The molecule has 0 aliphatic heterocycles. The first-order chi connectivity index (χ1) is 28.5. The summed E-state index contributed by atoms with van der Waals surface area (Å²) >= 11 is 0. The first-order valence-electron chi connectivity index (χ1n) is 25.0. The number of allylic oxidation sites excluding steroid dienone is 6. The van der Waals surface area contributed by atoms with Crippen LogP contribution in [-0.2, 0) is 28.6 Å². The van der Waals surface area contributed by atoms with Gasteiger partial charge in [-0.2, -0.15) is 0 Å². The summed E-state index contributed by atoms with van der Waals surface area (Å²) in [5, 5.41) is 0. The molecule has 0 rings (SSSR count). The van der Waals surface area contributed by atoms with Crippen LogP contribution >= 0.6 is 0 Å². The molecule has 0 aromatic carbocycles. The largest absolute Gasteiger partial charge is 0.462 e. The lowest BCUT2D eigenvalue weighted by Gasteiger charge is -2.18. The lowest BCUT2D eigenvalue weighted by atomic mass is 10.0. The maximum absolute atomic E-state index is 12.7. The Bertz CT molecular complexity index is 984. The van der Waals surface area contributed by atoms with Gasteiger partial charge >= 0.3 is 17.9 Å². The van der Waals surface area contributed by atoms with Crippen molar-refractivity contribution < 1.29 is 28.6 Å². The lowest BCUT2D eigenvalue weighted by Crippen LogP contribution is -2.30. The number of hydrogen-bond donors (Lipinski definition) is 0. The molecule has 0 saturated heterocycles. The number of unbranched alkanes of at least 4 members (excludes halogenated alkanes) is 28. The number of carbonyl (C=O) groups is 3. The average Bonchev–Trinajstić information content (AvgIpc) is 3.22. The molecule has 0 bridgehead atoms. The summed E-state index contributed by atoms with van der Waals surface area (Å²) in [6, 6.07) is 0. The van der Waals surface area contributed by atoms with Gasteiger partial charge in [0.05, 0.1) is 0 Å². The Morgan fingerprint density at radius 3 is 1.05 bits per heavy atom. The molecule has 0 amide bonds. The molecule has 0 spiro atoms. The average molecular weight is 815 g/mol. The van der Waals surface area contributed by atoms with Gasteiger partial charge in [0.1, 0.15) is 13.2 Å². The Balaban J connectivity index is 4.31. The topological polar surface area (TPSA) is 78.9 Å². The summed E-state index contributed by atoms with van der Waals surface area (Å²) in [4.78, 5) is 37.8. The molecule has 0 N–H and O–H groups in total. The van der Waals surface area contributed by atoms with Crippen LogP contribution in [0.2, 0.25) is 0 Å². The van der Waals surface area contributed by atoms with Gasteiger partial charge in [0.25, 0.3) is 0 Å². The molecule has 58 heavy (non-hydrogen) atoms. The van der Waals surface area contributed by atoms with Gasteiger partial charge in [0, 0.05) is 19.3 Å². The van der Waals surface area contributed by atoms with E-state index in [1.807, 2.05) is 0 Å². The van der Waals surface area contributed by atoms with Gasteiger partial charge in [0.2, 0.25) is 0 Å². The zero-order valence-electron chi connectivity index (χ0n) is 38.6. The van der Waals surface area contributed by atoms with Crippen molar-refractivity contribution >= 4 is 17.9 Å². The fraction of sp³-hybridized carbons (Fsp3) is 0.827. The monoisotopic (exact) mass is 815 g/mol. The summed E-state index contributed by atoms with van der Waals surface area (Å²) in [6.07, 6.45) is 54.2. The first kappa shape index (κ1) is 55.6. The van der Waals surface area contributed by atoms with E-state index >= 15 is 0 Å². The minimum atomic E-state index is -0.785. The summed E-state index contributed by atoms with van der Waals surface area (Å²) < 4.78 is 16.7. The number of hydrogen-bond acceptors (Lipinski definition) is 6. The standard InChI is InChI=1S/C52H94O6/c1-4-7-10-13-16-19-22-24-25-26-27-28-29-31-33-36-39-42-45-51(54)57-48-49(47-56-50(53)44-41-38-35-32-21-18-15-12-9-6-3)58-52(55)46-43-40-37-34-30-23-20-17-14-11-8-5-2/h8,11,17,20,30,34,49H,4-7,9-10,12-16,18-19,21-29,31-33,35-48H2,1-3H3/b11-8-,20-17-,34-30-. The Labute approximate surface area is 359 Å². The van der Waals surface area contributed by atoms with E-state index in [9.17, 15) is 14.4 Å². The van der Waals surface area contributed by atoms with E-state index in [4.69, 9.17) is 14.2 Å². The Morgan fingerprint density at radius 2 is 0.672 bits per heavy atom. The van der Waals surface area contributed by atoms with Crippen LogP contribution in [0.5, 0.6) is 0 Å². The Morgan fingerprint density at radius 1 is 0.362 bits per heavy atom. The van der Waals surface area contributed by atoms with Gasteiger partial charge in [-0.3, -0.25) is 14.4 Å². The molecule has 338 valence electrons. The third kappa shape index (κ3) is 44.7. The highest BCUT2D eigenvalue weighted by Crippen LogP contribution is 2.16. The van der Waals surface area contributed by atoms with E-state index in [1.165, 1.54) is 141 Å². The maximum Gasteiger partial charge on any atom is 0.306 e. The summed E-state index contributed by atoms with van der Waals surface area (Å²) in [5.41, 5.74) is 0. The molecular formula is C52H94O6. The van der Waals surface area contributed by atoms with Crippen molar-refractivity contribution in [2.75, 3.05) is 13.2 Å².